The normalized spacial score (nSPS) is 9.75. The fourth-order valence-electron chi connectivity index (χ4n) is 0.778. The number of nitrogens with one attached hydrogen (secondary N) is 1. The van der Waals surface area contributed by atoms with E-state index in [-0.39, 0.29) is 0 Å². The summed E-state index contributed by atoms with van der Waals surface area (Å²) < 4.78 is 1.05. The Hall–Kier alpha value is -0.550. The van der Waals surface area contributed by atoms with Crippen molar-refractivity contribution in [1.29, 1.82) is 0 Å². The van der Waals surface area contributed by atoms with Gasteiger partial charge >= 0.3 is 6.09 Å². The Kier molecular flexibility index (Phi) is 3.55. The highest BCUT2D eigenvalue weighted by Gasteiger charge is 1.98. The average molecular weight is 250 g/mol. The number of carbonyl (C=O) groups is 1. The zero-order valence-electron chi connectivity index (χ0n) is 6.21. The summed E-state index contributed by atoms with van der Waals surface area (Å²) >= 11 is 4.95. The second-order valence-corrected chi connectivity index (χ2v) is 4.12. The Morgan fingerprint density at radius 1 is 1.75 bits per heavy atom. The van der Waals surface area contributed by atoms with Crippen LogP contribution in [0.1, 0.15) is 4.88 Å². The van der Waals surface area contributed by atoms with Gasteiger partial charge in [-0.3, -0.25) is 0 Å². The predicted molar refractivity (Wildman–Crippen MR) is 51.8 cm³/mol. The average Bonchev–Trinajstić information content (AvgIpc) is 2.35. The molecule has 12 heavy (non-hydrogen) atoms. The number of carboxylic acid groups (broad SMARTS) is 1. The molecule has 0 spiro atoms. The molecule has 0 aliphatic carbocycles. The zero-order chi connectivity index (χ0) is 8.97. The molecule has 1 rings (SSSR count). The Bertz CT molecular complexity index is 274. The maximum Gasteiger partial charge on any atom is 0.404 e. The van der Waals surface area contributed by atoms with E-state index in [0.717, 1.165) is 10.9 Å². The first-order valence-corrected chi connectivity index (χ1v) is 5.05. The monoisotopic (exact) mass is 249 g/mol. The summed E-state index contributed by atoms with van der Waals surface area (Å²) in [6.45, 7) is 0.474. The maximum absolute atomic E-state index is 10.1. The van der Waals surface area contributed by atoms with E-state index in [9.17, 15) is 4.79 Å². The van der Waals surface area contributed by atoms with Crippen molar-refractivity contribution < 1.29 is 9.90 Å². The van der Waals surface area contributed by atoms with Crippen LogP contribution >= 0.6 is 27.3 Å². The van der Waals surface area contributed by atoms with Crippen LogP contribution in [0.3, 0.4) is 0 Å². The minimum Gasteiger partial charge on any atom is -0.465 e. The van der Waals surface area contributed by atoms with Gasteiger partial charge in [0, 0.05) is 21.3 Å². The van der Waals surface area contributed by atoms with Gasteiger partial charge in [0.2, 0.25) is 0 Å². The first-order valence-electron chi connectivity index (χ1n) is 3.38. The molecular weight excluding hydrogens is 242 g/mol. The molecule has 0 aliphatic rings. The highest BCUT2D eigenvalue weighted by Crippen LogP contribution is 2.19. The molecule has 0 bridgehead atoms. The first-order chi connectivity index (χ1) is 5.68. The van der Waals surface area contributed by atoms with E-state index >= 15 is 0 Å². The molecule has 66 valence electrons. The molecule has 5 heteroatoms. The van der Waals surface area contributed by atoms with Crippen molar-refractivity contribution >= 4 is 33.4 Å². The van der Waals surface area contributed by atoms with E-state index in [1.807, 2.05) is 11.4 Å². The summed E-state index contributed by atoms with van der Waals surface area (Å²) in [5, 5.41) is 12.6. The molecule has 0 saturated heterocycles. The molecule has 2 N–H and O–H groups in total. The standard InChI is InChI=1S/C7H8BrNO2S/c8-5-3-6(12-4-5)1-2-9-7(10)11/h3-4,9H,1-2H2,(H,10,11). The second-order valence-electron chi connectivity index (χ2n) is 2.21. The third-order valence-electron chi connectivity index (χ3n) is 1.27. The second kappa shape index (κ2) is 4.47. The van der Waals surface area contributed by atoms with E-state index in [1.165, 1.54) is 4.88 Å². The van der Waals surface area contributed by atoms with Crippen LogP contribution in [0.25, 0.3) is 0 Å². The third-order valence-corrected chi connectivity index (χ3v) is 3.03. The molecular formula is C7H8BrNO2S. The lowest BCUT2D eigenvalue weighted by atomic mass is 10.3. The Morgan fingerprint density at radius 2 is 2.50 bits per heavy atom. The lowest BCUT2D eigenvalue weighted by molar-refractivity contribution is 0.194. The Labute approximate surface area is 82.5 Å². The van der Waals surface area contributed by atoms with Crippen LogP contribution < -0.4 is 5.32 Å². The topological polar surface area (TPSA) is 49.3 Å². The van der Waals surface area contributed by atoms with Crippen molar-refractivity contribution in [3.63, 3.8) is 0 Å². The van der Waals surface area contributed by atoms with E-state index in [4.69, 9.17) is 5.11 Å². The van der Waals surface area contributed by atoms with Crippen LogP contribution in [0.2, 0.25) is 0 Å². The molecule has 1 heterocycles. The fourth-order valence-corrected chi connectivity index (χ4v) is 2.23. The Balaban J connectivity index is 2.29. The van der Waals surface area contributed by atoms with Gasteiger partial charge < -0.3 is 10.4 Å². The predicted octanol–water partition coefficient (Wildman–Crippen LogP) is 2.32. The van der Waals surface area contributed by atoms with E-state index in [1.54, 1.807) is 11.3 Å². The van der Waals surface area contributed by atoms with Crippen molar-refractivity contribution in [2.45, 2.75) is 6.42 Å². The third kappa shape index (κ3) is 3.23. The summed E-state index contributed by atoms with van der Waals surface area (Å²) in [5.41, 5.74) is 0. The van der Waals surface area contributed by atoms with Gasteiger partial charge in [-0.2, -0.15) is 0 Å². The lowest BCUT2D eigenvalue weighted by Gasteiger charge is -1.96. The van der Waals surface area contributed by atoms with Gasteiger partial charge in [-0.05, 0) is 28.4 Å². The number of halogens is 1. The van der Waals surface area contributed by atoms with Crippen molar-refractivity contribution in [3.05, 3.63) is 20.8 Å². The minimum atomic E-state index is -0.967. The molecule has 0 fully saturated rings. The maximum atomic E-state index is 10.1. The number of hydrogen-bond donors (Lipinski definition) is 2. The van der Waals surface area contributed by atoms with Crippen LogP contribution in [0.5, 0.6) is 0 Å². The van der Waals surface area contributed by atoms with Crippen LogP contribution in [0.15, 0.2) is 15.9 Å². The van der Waals surface area contributed by atoms with Crippen LogP contribution in [0, 0.1) is 0 Å². The molecule has 1 amide bonds. The molecule has 1 aromatic rings. The lowest BCUT2D eigenvalue weighted by Crippen LogP contribution is -2.22. The van der Waals surface area contributed by atoms with Crippen LogP contribution in [-0.4, -0.2) is 17.7 Å². The van der Waals surface area contributed by atoms with Crippen LogP contribution in [0.4, 0.5) is 4.79 Å². The van der Waals surface area contributed by atoms with Gasteiger partial charge in [0.1, 0.15) is 0 Å². The summed E-state index contributed by atoms with van der Waals surface area (Å²) in [6, 6.07) is 1.99. The quantitative estimate of drug-likeness (QED) is 0.864. The molecule has 0 atom stereocenters. The van der Waals surface area contributed by atoms with Gasteiger partial charge in [0.25, 0.3) is 0 Å². The number of hydrogen-bond acceptors (Lipinski definition) is 2. The smallest absolute Gasteiger partial charge is 0.404 e. The highest BCUT2D eigenvalue weighted by atomic mass is 79.9. The van der Waals surface area contributed by atoms with Gasteiger partial charge in [-0.15, -0.1) is 11.3 Å². The van der Waals surface area contributed by atoms with Crippen molar-refractivity contribution in [2.24, 2.45) is 0 Å². The number of amides is 1. The Morgan fingerprint density at radius 3 is 3.00 bits per heavy atom. The van der Waals surface area contributed by atoms with Crippen molar-refractivity contribution in [3.8, 4) is 0 Å². The first kappa shape index (κ1) is 9.54. The summed E-state index contributed by atoms with van der Waals surface area (Å²) in [6.07, 6.45) is -0.214. The fraction of sp³-hybridized carbons (Fsp3) is 0.286. The molecule has 1 aromatic heterocycles. The van der Waals surface area contributed by atoms with Gasteiger partial charge in [-0.1, -0.05) is 0 Å². The molecule has 0 aromatic carbocycles. The van der Waals surface area contributed by atoms with E-state index in [0.29, 0.717) is 6.54 Å². The molecule has 0 saturated carbocycles. The van der Waals surface area contributed by atoms with Crippen molar-refractivity contribution in [2.75, 3.05) is 6.54 Å². The minimum absolute atomic E-state index is 0.474. The highest BCUT2D eigenvalue weighted by molar-refractivity contribution is 9.10. The van der Waals surface area contributed by atoms with E-state index < -0.39 is 6.09 Å². The number of thiophene rings is 1. The van der Waals surface area contributed by atoms with E-state index in [2.05, 4.69) is 21.2 Å². The molecule has 0 unspecified atom stereocenters. The summed E-state index contributed by atoms with van der Waals surface area (Å²) in [4.78, 5) is 11.3. The number of rotatable bonds is 3. The van der Waals surface area contributed by atoms with Crippen molar-refractivity contribution in [1.82, 2.24) is 5.32 Å². The zero-order valence-corrected chi connectivity index (χ0v) is 8.61. The van der Waals surface area contributed by atoms with Gasteiger partial charge in [0.15, 0.2) is 0 Å². The van der Waals surface area contributed by atoms with Gasteiger partial charge in [0.05, 0.1) is 0 Å². The largest absolute Gasteiger partial charge is 0.465 e. The molecule has 3 nitrogen and oxygen atoms in total. The van der Waals surface area contributed by atoms with Gasteiger partial charge in [-0.25, -0.2) is 4.79 Å². The molecule has 0 radical (unpaired) electrons. The summed E-state index contributed by atoms with van der Waals surface area (Å²) in [7, 11) is 0. The molecule has 0 aliphatic heterocycles. The summed E-state index contributed by atoms with van der Waals surface area (Å²) in [5.74, 6) is 0. The SMILES string of the molecule is O=C(O)NCCc1cc(Br)cs1. The van der Waals surface area contributed by atoms with Crippen LogP contribution in [-0.2, 0) is 6.42 Å².